The molecule has 0 saturated heterocycles. The molecule has 0 atom stereocenters. The monoisotopic (exact) mass is 252 g/mol. The number of hydrogen-bond donors (Lipinski definition) is 1. The normalized spacial score (nSPS) is 11.1. The highest BCUT2D eigenvalue weighted by atomic mass is 16.3. The van der Waals surface area contributed by atoms with E-state index in [4.69, 9.17) is 0 Å². The van der Waals surface area contributed by atoms with Crippen molar-refractivity contribution in [3.63, 3.8) is 0 Å². The van der Waals surface area contributed by atoms with Crippen LogP contribution in [-0.4, -0.2) is 14.7 Å². The average molecular weight is 252 g/mol. The lowest BCUT2D eigenvalue weighted by Crippen LogP contribution is -2.06. The second-order valence-electron chi connectivity index (χ2n) is 4.69. The number of aryl methyl sites for hydroxylation is 1. The van der Waals surface area contributed by atoms with E-state index < -0.39 is 0 Å². The predicted molar refractivity (Wildman–Crippen MR) is 75.9 cm³/mol. The van der Waals surface area contributed by atoms with Gasteiger partial charge in [-0.25, -0.2) is 4.98 Å². The number of aromatic nitrogens is 2. The smallest absolute Gasteiger partial charge is 0.136 e. The third kappa shape index (κ3) is 2.13. The number of nitrogens with zero attached hydrogens (tertiary/aromatic N) is 2. The van der Waals surface area contributed by atoms with Gasteiger partial charge in [-0.15, -0.1) is 0 Å². The highest BCUT2D eigenvalue weighted by molar-refractivity contribution is 5.76. The van der Waals surface area contributed by atoms with E-state index in [1.807, 2.05) is 36.4 Å². The molecule has 0 bridgehead atoms. The molecule has 1 aromatic heterocycles. The molecule has 0 aliphatic heterocycles. The van der Waals surface area contributed by atoms with Crippen LogP contribution in [0.4, 0.5) is 0 Å². The molecular formula is C16H16N2O. The Balaban J connectivity index is 2.12. The molecule has 0 unspecified atom stereocenters. The van der Waals surface area contributed by atoms with Crippen molar-refractivity contribution >= 4 is 11.0 Å². The topological polar surface area (TPSA) is 38.0 Å². The van der Waals surface area contributed by atoms with Gasteiger partial charge in [0.1, 0.15) is 12.4 Å². The predicted octanol–water partition coefficient (Wildman–Crippen LogP) is 2.89. The van der Waals surface area contributed by atoms with Crippen molar-refractivity contribution in [1.82, 2.24) is 9.55 Å². The highest BCUT2D eigenvalue weighted by Crippen LogP contribution is 2.19. The van der Waals surface area contributed by atoms with Gasteiger partial charge in [0, 0.05) is 6.54 Å². The maximum absolute atomic E-state index is 9.48. The van der Waals surface area contributed by atoms with Crippen LogP contribution in [0.15, 0.2) is 48.5 Å². The van der Waals surface area contributed by atoms with Gasteiger partial charge in [0.05, 0.1) is 11.0 Å². The molecule has 3 nitrogen and oxygen atoms in total. The summed E-state index contributed by atoms with van der Waals surface area (Å²) in [4.78, 5) is 4.47. The fourth-order valence-electron chi connectivity index (χ4n) is 2.38. The van der Waals surface area contributed by atoms with Gasteiger partial charge >= 0.3 is 0 Å². The van der Waals surface area contributed by atoms with Crippen LogP contribution in [0.3, 0.4) is 0 Å². The third-order valence-electron chi connectivity index (χ3n) is 3.46. The minimum absolute atomic E-state index is 0.0411. The molecule has 3 rings (SSSR count). The average Bonchev–Trinajstić information content (AvgIpc) is 2.79. The highest BCUT2D eigenvalue weighted by Gasteiger charge is 2.10. The Morgan fingerprint density at radius 2 is 1.79 bits per heavy atom. The molecule has 0 amide bonds. The molecular weight excluding hydrogens is 236 g/mol. The lowest BCUT2D eigenvalue weighted by atomic mass is 10.1. The zero-order chi connectivity index (χ0) is 13.2. The zero-order valence-electron chi connectivity index (χ0n) is 10.9. The van der Waals surface area contributed by atoms with Gasteiger partial charge in [0.15, 0.2) is 0 Å². The van der Waals surface area contributed by atoms with E-state index in [1.165, 1.54) is 11.1 Å². The Morgan fingerprint density at radius 1 is 1.05 bits per heavy atom. The first-order valence-electron chi connectivity index (χ1n) is 6.39. The Bertz CT molecular complexity index is 716. The summed E-state index contributed by atoms with van der Waals surface area (Å²) < 4.78 is 2.08. The summed E-state index contributed by atoms with van der Waals surface area (Å²) in [6.45, 7) is 2.80. The minimum Gasteiger partial charge on any atom is -0.388 e. The minimum atomic E-state index is -0.0411. The van der Waals surface area contributed by atoms with Crippen LogP contribution in [0.2, 0.25) is 0 Å². The SMILES string of the molecule is Cc1ccccc1Cn1c(CO)nc2ccccc21. The number of fused-ring (bicyclic) bond motifs is 1. The number of benzene rings is 2. The second-order valence-corrected chi connectivity index (χ2v) is 4.69. The summed E-state index contributed by atoms with van der Waals surface area (Å²) in [6, 6.07) is 16.3. The van der Waals surface area contributed by atoms with Crippen LogP contribution in [-0.2, 0) is 13.2 Å². The fraction of sp³-hybridized carbons (Fsp3) is 0.188. The van der Waals surface area contributed by atoms with Gasteiger partial charge in [-0.05, 0) is 30.2 Å². The van der Waals surface area contributed by atoms with Crippen molar-refractivity contribution < 1.29 is 5.11 Å². The molecule has 1 heterocycles. The molecule has 0 aliphatic rings. The summed E-state index contributed by atoms with van der Waals surface area (Å²) in [6.07, 6.45) is 0. The van der Waals surface area contributed by atoms with Gasteiger partial charge in [0.2, 0.25) is 0 Å². The molecule has 2 aromatic carbocycles. The first-order valence-corrected chi connectivity index (χ1v) is 6.39. The van der Waals surface area contributed by atoms with Crippen LogP contribution in [0.25, 0.3) is 11.0 Å². The lowest BCUT2D eigenvalue weighted by Gasteiger charge is -2.10. The summed E-state index contributed by atoms with van der Waals surface area (Å²) in [7, 11) is 0. The Morgan fingerprint density at radius 3 is 2.58 bits per heavy atom. The van der Waals surface area contributed by atoms with E-state index in [2.05, 4.69) is 28.6 Å². The summed E-state index contributed by atoms with van der Waals surface area (Å²) in [5.41, 5.74) is 4.50. The molecule has 0 saturated carbocycles. The molecule has 3 aromatic rings. The van der Waals surface area contributed by atoms with E-state index >= 15 is 0 Å². The molecule has 0 spiro atoms. The lowest BCUT2D eigenvalue weighted by molar-refractivity contribution is 0.267. The molecule has 1 N–H and O–H groups in total. The molecule has 3 heteroatoms. The van der Waals surface area contributed by atoms with Crippen LogP contribution in [0, 0.1) is 6.92 Å². The van der Waals surface area contributed by atoms with E-state index in [9.17, 15) is 5.11 Å². The molecule has 19 heavy (non-hydrogen) atoms. The largest absolute Gasteiger partial charge is 0.388 e. The van der Waals surface area contributed by atoms with Crippen molar-refractivity contribution in [3.8, 4) is 0 Å². The van der Waals surface area contributed by atoms with Crippen LogP contribution in [0.5, 0.6) is 0 Å². The molecule has 96 valence electrons. The molecule has 0 aliphatic carbocycles. The Hall–Kier alpha value is -2.13. The number of aliphatic hydroxyl groups is 1. The fourth-order valence-corrected chi connectivity index (χ4v) is 2.38. The molecule has 0 radical (unpaired) electrons. The van der Waals surface area contributed by atoms with Crippen molar-refractivity contribution in [2.24, 2.45) is 0 Å². The van der Waals surface area contributed by atoms with Crippen molar-refractivity contribution in [2.75, 3.05) is 0 Å². The first-order chi connectivity index (χ1) is 9.29. The maximum atomic E-state index is 9.48. The van der Waals surface area contributed by atoms with E-state index in [0.717, 1.165) is 17.6 Å². The Kier molecular flexibility index (Phi) is 3.05. The number of imidazole rings is 1. The Labute approximate surface area is 112 Å². The van der Waals surface area contributed by atoms with Gasteiger partial charge in [-0.1, -0.05) is 36.4 Å². The van der Waals surface area contributed by atoms with Crippen LogP contribution in [0.1, 0.15) is 17.0 Å². The number of aliphatic hydroxyl groups excluding tert-OH is 1. The standard InChI is InChI=1S/C16H16N2O/c1-12-6-2-3-7-13(12)10-18-15-9-5-4-8-14(15)17-16(18)11-19/h2-9,19H,10-11H2,1H3. The number of para-hydroxylation sites is 2. The van der Waals surface area contributed by atoms with E-state index in [-0.39, 0.29) is 6.61 Å². The first kappa shape index (κ1) is 11.9. The van der Waals surface area contributed by atoms with Gasteiger partial charge in [0.25, 0.3) is 0 Å². The third-order valence-corrected chi connectivity index (χ3v) is 3.46. The van der Waals surface area contributed by atoms with E-state index in [0.29, 0.717) is 5.82 Å². The van der Waals surface area contributed by atoms with E-state index in [1.54, 1.807) is 0 Å². The zero-order valence-corrected chi connectivity index (χ0v) is 10.9. The van der Waals surface area contributed by atoms with Gasteiger partial charge < -0.3 is 9.67 Å². The van der Waals surface area contributed by atoms with Crippen LogP contribution >= 0.6 is 0 Å². The summed E-state index contributed by atoms with van der Waals surface area (Å²) >= 11 is 0. The molecule has 0 fully saturated rings. The summed E-state index contributed by atoms with van der Waals surface area (Å²) in [5.74, 6) is 0.712. The van der Waals surface area contributed by atoms with Gasteiger partial charge in [-0.2, -0.15) is 0 Å². The number of hydrogen-bond acceptors (Lipinski definition) is 2. The number of rotatable bonds is 3. The van der Waals surface area contributed by atoms with Crippen LogP contribution < -0.4 is 0 Å². The summed E-state index contributed by atoms with van der Waals surface area (Å²) in [5, 5.41) is 9.48. The van der Waals surface area contributed by atoms with Crippen molar-refractivity contribution in [1.29, 1.82) is 0 Å². The maximum Gasteiger partial charge on any atom is 0.136 e. The van der Waals surface area contributed by atoms with Crippen molar-refractivity contribution in [3.05, 3.63) is 65.5 Å². The second kappa shape index (κ2) is 4.86. The van der Waals surface area contributed by atoms with Crippen molar-refractivity contribution in [2.45, 2.75) is 20.1 Å². The van der Waals surface area contributed by atoms with Gasteiger partial charge in [-0.3, -0.25) is 0 Å². The quantitative estimate of drug-likeness (QED) is 0.778.